The van der Waals surface area contributed by atoms with Crippen molar-refractivity contribution in [2.45, 2.75) is 19.1 Å². The lowest BCUT2D eigenvalue weighted by atomic mass is 10.4. The van der Waals surface area contributed by atoms with E-state index in [-0.39, 0.29) is 0 Å². The summed E-state index contributed by atoms with van der Waals surface area (Å²) in [6, 6.07) is 0. The van der Waals surface area contributed by atoms with Gasteiger partial charge in [0, 0.05) is 13.1 Å². The Kier molecular flexibility index (Phi) is 3.12. The highest BCUT2D eigenvalue weighted by molar-refractivity contribution is 4.70. The van der Waals surface area contributed by atoms with E-state index < -0.39 is 0 Å². The van der Waals surface area contributed by atoms with Crippen molar-refractivity contribution in [3.8, 4) is 0 Å². The molecule has 0 bridgehead atoms. The van der Waals surface area contributed by atoms with Crippen molar-refractivity contribution in [1.82, 2.24) is 15.5 Å². The molecule has 0 spiro atoms. The van der Waals surface area contributed by atoms with Gasteiger partial charge in [-0.15, -0.1) is 0 Å². The molecule has 0 aromatic carbocycles. The van der Waals surface area contributed by atoms with Crippen molar-refractivity contribution in [2.24, 2.45) is 0 Å². The largest absolute Gasteiger partial charge is 0.293 e. The highest BCUT2D eigenvalue weighted by Crippen LogP contribution is 2.07. The Balaban J connectivity index is 2.29. The van der Waals surface area contributed by atoms with Gasteiger partial charge < -0.3 is 0 Å². The molecule has 1 aliphatic rings. The molecule has 1 heterocycles. The third-order valence-electron chi connectivity index (χ3n) is 2.05. The molecule has 3 nitrogen and oxygen atoms in total. The third kappa shape index (κ3) is 1.68. The molecule has 0 aromatic rings. The third-order valence-corrected chi connectivity index (χ3v) is 2.05. The highest BCUT2D eigenvalue weighted by Gasteiger charge is 2.17. The summed E-state index contributed by atoms with van der Waals surface area (Å²) in [5, 5.41) is 6.42. The molecule has 1 saturated heterocycles. The van der Waals surface area contributed by atoms with Gasteiger partial charge in [-0.3, -0.25) is 15.5 Å². The second-order valence-electron chi connectivity index (χ2n) is 2.72. The number of hydrogen-bond donors (Lipinski definition) is 2. The summed E-state index contributed by atoms with van der Waals surface area (Å²) < 4.78 is 0. The molecule has 0 amide bonds. The quantitative estimate of drug-likeness (QED) is 0.536. The molecule has 3 heteroatoms. The zero-order chi connectivity index (χ0) is 7.40. The number of rotatable bonds is 3. The van der Waals surface area contributed by atoms with Crippen LogP contribution in [0.2, 0.25) is 0 Å². The van der Waals surface area contributed by atoms with E-state index in [1.807, 2.05) is 14.1 Å². The number of hydrogen-bond acceptors (Lipinski definition) is 3. The predicted octanol–water partition coefficient (Wildman–Crippen LogP) is -0.195. The van der Waals surface area contributed by atoms with Crippen LogP contribution in [0.1, 0.15) is 12.8 Å². The molecule has 1 aliphatic heterocycles. The fraction of sp³-hybridized carbons (Fsp3) is 1.00. The maximum atomic E-state index is 3.21. The second-order valence-corrected chi connectivity index (χ2v) is 2.72. The minimum atomic E-state index is 0.377. The Labute approximate surface area is 62.8 Å². The fourth-order valence-electron chi connectivity index (χ4n) is 1.51. The minimum Gasteiger partial charge on any atom is -0.293 e. The van der Waals surface area contributed by atoms with E-state index in [4.69, 9.17) is 0 Å². The monoisotopic (exact) mass is 143 g/mol. The topological polar surface area (TPSA) is 27.3 Å². The molecule has 2 N–H and O–H groups in total. The first-order chi connectivity index (χ1) is 4.88. The van der Waals surface area contributed by atoms with Crippen LogP contribution >= 0.6 is 0 Å². The lowest BCUT2D eigenvalue weighted by molar-refractivity contribution is 0.186. The molecule has 0 unspecified atom stereocenters. The molecule has 0 radical (unpaired) electrons. The van der Waals surface area contributed by atoms with Crippen molar-refractivity contribution >= 4 is 0 Å². The van der Waals surface area contributed by atoms with E-state index in [0.29, 0.717) is 6.29 Å². The zero-order valence-electron chi connectivity index (χ0n) is 6.85. The van der Waals surface area contributed by atoms with Gasteiger partial charge in [0.1, 0.15) is 6.29 Å². The molecule has 0 aromatic heterocycles. The summed E-state index contributed by atoms with van der Waals surface area (Å²) in [5.74, 6) is 0. The molecular weight excluding hydrogens is 126 g/mol. The first kappa shape index (κ1) is 7.98. The molecule has 0 atom stereocenters. The summed E-state index contributed by atoms with van der Waals surface area (Å²) >= 11 is 0. The Morgan fingerprint density at radius 2 is 1.60 bits per heavy atom. The van der Waals surface area contributed by atoms with E-state index in [0.717, 1.165) is 0 Å². The summed E-state index contributed by atoms with van der Waals surface area (Å²) in [5.41, 5.74) is 0. The molecular formula is C7H17N3. The highest BCUT2D eigenvalue weighted by atomic mass is 15.4. The summed E-state index contributed by atoms with van der Waals surface area (Å²) in [4.78, 5) is 2.42. The van der Waals surface area contributed by atoms with Crippen LogP contribution in [-0.2, 0) is 0 Å². The Hall–Kier alpha value is -0.120. The van der Waals surface area contributed by atoms with E-state index in [1.54, 1.807) is 0 Å². The van der Waals surface area contributed by atoms with Crippen molar-refractivity contribution in [3.63, 3.8) is 0 Å². The van der Waals surface area contributed by atoms with Crippen molar-refractivity contribution in [2.75, 3.05) is 27.2 Å². The van der Waals surface area contributed by atoms with Crippen molar-refractivity contribution in [1.29, 1.82) is 0 Å². The van der Waals surface area contributed by atoms with E-state index in [1.165, 1.54) is 25.9 Å². The standard InChI is InChI=1S/C7H17N3/c1-8-7(9-2)10-5-3-4-6-10/h7-9H,3-6H2,1-2H3. The van der Waals surface area contributed by atoms with Crippen LogP contribution in [0.4, 0.5) is 0 Å². The first-order valence-electron chi connectivity index (χ1n) is 3.97. The number of nitrogens with one attached hydrogen (secondary N) is 2. The lowest BCUT2D eigenvalue weighted by Gasteiger charge is -2.25. The minimum absolute atomic E-state index is 0.377. The van der Waals surface area contributed by atoms with Gasteiger partial charge in [-0.2, -0.15) is 0 Å². The van der Waals surface area contributed by atoms with Crippen LogP contribution in [-0.4, -0.2) is 38.4 Å². The van der Waals surface area contributed by atoms with Gasteiger partial charge in [-0.1, -0.05) is 0 Å². The van der Waals surface area contributed by atoms with Crippen molar-refractivity contribution in [3.05, 3.63) is 0 Å². The van der Waals surface area contributed by atoms with E-state index >= 15 is 0 Å². The van der Waals surface area contributed by atoms with Crippen molar-refractivity contribution < 1.29 is 0 Å². The van der Waals surface area contributed by atoms with Gasteiger partial charge in [0.2, 0.25) is 0 Å². The van der Waals surface area contributed by atoms with Crippen LogP contribution in [0.3, 0.4) is 0 Å². The normalized spacial score (nSPS) is 20.7. The SMILES string of the molecule is CNC(NC)N1CCCC1. The molecule has 1 fully saturated rings. The van der Waals surface area contributed by atoms with E-state index in [9.17, 15) is 0 Å². The first-order valence-corrected chi connectivity index (χ1v) is 3.97. The average molecular weight is 143 g/mol. The fourth-order valence-corrected chi connectivity index (χ4v) is 1.51. The van der Waals surface area contributed by atoms with E-state index in [2.05, 4.69) is 15.5 Å². The Bertz CT molecular complexity index is 84.9. The number of nitrogens with zero attached hydrogens (tertiary/aromatic N) is 1. The van der Waals surface area contributed by atoms with Gasteiger partial charge in [-0.25, -0.2) is 0 Å². The Morgan fingerprint density at radius 1 is 1.10 bits per heavy atom. The maximum absolute atomic E-state index is 3.21. The van der Waals surface area contributed by atoms with Crippen LogP contribution in [0.25, 0.3) is 0 Å². The molecule has 1 rings (SSSR count). The summed E-state index contributed by atoms with van der Waals surface area (Å²) in [6.45, 7) is 2.46. The lowest BCUT2D eigenvalue weighted by Crippen LogP contribution is -2.50. The van der Waals surface area contributed by atoms with Gasteiger partial charge >= 0.3 is 0 Å². The summed E-state index contributed by atoms with van der Waals surface area (Å²) in [7, 11) is 3.97. The van der Waals surface area contributed by atoms with Crippen LogP contribution in [0.5, 0.6) is 0 Å². The zero-order valence-corrected chi connectivity index (χ0v) is 6.85. The smallest absolute Gasteiger partial charge is 0.114 e. The van der Waals surface area contributed by atoms with Gasteiger partial charge in [0.15, 0.2) is 0 Å². The summed E-state index contributed by atoms with van der Waals surface area (Å²) in [6.07, 6.45) is 3.07. The molecule has 0 saturated carbocycles. The van der Waals surface area contributed by atoms with Gasteiger partial charge in [0.25, 0.3) is 0 Å². The Morgan fingerprint density at radius 3 is 2.00 bits per heavy atom. The molecule has 0 aliphatic carbocycles. The van der Waals surface area contributed by atoms with Crippen LogP contribution in [0, 0.1) is 0 Å². The number of likely N-dealkylation sites (tertiary alicyclic amines) is 1. The molecule has 60 valence electrons. The van der Waals surface area contributed by atoms with Crippen LogP contribution < -0.4 is 10.6 Å². The van der Waals surface area contributed by atoms with Crippen LogP contribution in [0.15, 0.2) is 0 Å². The van der Waals surface area contributed by atoms with Gasteiger partial charge in [0.05, 0.1) is 0 Å². The average Bonchev–Trinajstić information content (AvgIpc) is 2.43. The van der Waals surface area contributed by atoms with Gasteiger partial charge in [-0.05, 0) is 26.9 Å². The second kappa shape index (κ2) is 3.91. The maximum Gasteiger partial charge on any atom is 0.114 e. The predicted molar refractivity (Wildman–Crippen MR) is 42.7 cm³/mol. The molecule has 10 heavy (non-hydrogen) atoms.